The smallest absolute Gasteiger partial charge is 0.166 e. The van der Waals surface area contributed by atoms with E-state index in [0.29, 0.717) is 12.1 Å². The third-order valence-electron chi connectivity index (χ3n) is 4.44. The van der Waals surface area contributed by atoms with Crippen molar-refractivity contribution in [2.45, 2.75) is 31.8 Å². The van der Waals surface area contributed by atoms with Crippen LogP contribution in [0.5, 0.6) is 0 Å². The van der Waals surface area contributed by atoms with Crippen molar-refractivity contribution in [2.75, 3.05) is 20.3 Å². The summed E-state index contributed by atoms with van der Waals surface area (Å²) >= 11 is 0. The predicted octanol–water partition coefficient (Wildman–Crippen LogP) is 1.68. The fourth-order valence-electron chi connectivity index (χ4n) is 3.24. The molecular formula is C15H20N2O2. The molecular weight excluding hydrogens is 240 g/mol. The molecule has 3 rings (SSSR count). The lowest BCUT2D eigenvalue weighted by molar-refractivity contribution is -0.0702. The van der Waals surface area contributed by atoms with Crippen LogP contribution in [0.3, 0.4) is 0 Å². The van der Waals surface area contributed by atoms with E-state index in [0.717, 1.165) is 37.3 Å². The first-order valence-electron chi connectivity index (χ1n) is 6.91. The first-order chi connectivity index (χ1) is 9.15. The van der Waals surface area contributed by atoms with Crippen LogP contribution >= 0.6 is 0 Å². The normalized spacial score (nSPS) is 31.2. The van der Waals surface area contributed by atoms with E-state index in [2.05, 4.69) is 16.9 Å². The quantitative estimate of drug-likeness (QED) is 0.759. The van der Waals surface area contributed by atoms with Gasteiger partial charge in [-0.2, -0.15) is 0 Å². The molecule has 2 aliphatic rings. The Labute approximate surface area is 113 Å². The van der Waals surface area contributed by atoms with Crippen LogP contribution in [0.1, 0.15) is 28.9 Å². The number of aromatic nitrogens is 1. The van der Waals surface area contributed by atoms with Gasteiger partial charge in [-0.15, -0.1) is 0 Å². The first kappa shape index (κ1) is 12.8. The third kappa shape index (κ3) is 2.42. The van der Waals surface area contributed by atoms with Gasteiger partial charge in [0, 0.05) is 35.5 Å². The predicted molar refractivity (Wildman–Crippen MR) is 72.2 cm³/mol. The van der Waals surface area contributed by atoms with Crippen molar-refractivity contribution in [3.8, 4) is 0 Å². The Balaban J connectivity index is 1.78. The molecule has 0 N–H and O–H groups in total. The molecule has 0 amide bonds. The first-order valence-corrected chi connectivity index (χ1v) is 6.91. The zero-order valence-corrected chi connectivity index (χ0v) is 11.5. The van der Waals surface area contributed by atoms with Gasteiger partial charge in [-0.05, 0) is 38.9 Å². The van der Waals surface area contributed by atoms with Crippen molar-refractivity contribution in [1.29, 1.82) is 0 Å². The van der Waals surface area contributed by atoms with Gasteiger partial charge in [0.05, 0.1) is 13.2 Å². The Morgan fingerprint density at radius 3 is 2.68 bits per heavy atom. The lowest BCUT2D eigenvalue weighted by Crippen LogP contribution is -2.55. The van der Waals surface area contributed by atoms with Crippen molar-refractivity contribution in [1.82, 2.24) is 9.88 Å². The number of hydrogen-bond acceptors (Lipinski definition) is 4. The van der Waals surface area contributed by atoms with Gasteiger partial charge >= 0.3 is 0 Å². The van der Waals surface area contributed by atoms with E-state index >= 15 is 0 Å². The van der Waals surface area contributed by atoms with Crippen molar-refractivity contribution in [3.63, 3.8) is 0 Å². The number of fused-ring (bicyclic) bond motifs is 2. The summed E-state index contributed by atoms with van der Waals surface area (Å²) in [7, 11) is 2.15. The molecule has 1 aromatic rings. The van der Waals surface area contributed by atoms with Gasteiger partial charge < -0.3 is 4.74 Å². The molecule has 2 atom stereocenters. The summed E-state index contributed by atoms with van der Waals surface area (Å²) in [6.45, 7) is 3.44. The number of morpholine rings is 1. The highest BCUT2D eigenvalue weighted by atomic mass is 16.5. The second-order valence-corrected chi connectivity index (χ2v) is 5.73. The number of pyridine rings is 1. The van der Waals surface area contributed by atoms with Gasteiger partial charge in [0.25, 0.3) is 0 Å². The average molecular weight is 260 g/mol. The van der Waals surface area contributed by atoms with Crippen LogP contribution < -0.4 is 0 Å². The molecule has 19 heavy (non-hydrogen) atoms. The topological polar surface area (TPSA) is 42.4 Å². The van der Waals surface area contributed by atoms with E-state index in [1.807, 2.05) is 19.1 Å². The van der Waals surface area contributed by atoms with Crippen LogP contribution in [-0.4, -0.2) is 48.0 Å². The standard InChI is InChI=1S/C15H20N2O2/c1-10-5-11(3-4-16-10)15(18)12-6-13-8-19-9-14(7-12)17(13)2/h3-5,12-14H,6-9H2,1-2H3. The molecule has 0 spiro atoms. The molecule has 2 bridgehead atoms. The van der Waals surface area contributed by atoms with Gasteiger partial charge in [-0.1, -0.05) is 0 Å². The summed E-state index contributed by atoms with van der Waals surface area (Å²) in [5.74, 6) is 0.410. The molecule has 4 nitrogen and oxygen atoms in total. The Hall–Kier alpha value is -1.26. The number of ether oxygens (including phenoxy) is 1. The number of Topliss-reactive ketones (excluding diaryl/α,β-unsaturated/α-hetero) is 1. The summed E-state index contributed by atoms with van der Waals surface area (Å²) in [5, 5.41) is 0. The van der Waals surface area contributed by atoms with Gasteiger partial charge in [0.1, 0.15) is 0 Å². The number of rotatable bonds is 2. The highest BCUT2D eigenvalue weighted by Gasteiger charge is 2.39. The third-order valence-corrected chi connectivity index (χ3v) is 4.44. The molecule has 2 saturated heterocycles. The number of carbonyl (C=O) groups is 1. The maximum Gasteiger partial charge on any atom is 0.166 e. The molecule has 3 heterocycles. The molecule has 1 aromatic heterocycles. The largest absolute Gasteiger partial charge is 0.378 e. The van der Waals surface area contributed by atoms with Gasteiger partial charge in [-0.25, -0.2) is 0 Å². The van der Waals surface area contributed by atoms with Crippen LogP contribution in [0, 0.1) is 12.8 Å². The molecule has 2 unspecified atom stereocenters. The maximum absolute atomic E-state index is 12.6. The summed E-state index contributed by atoms with van der Waals surface area (Å²) < 4.78 is 5.60. The number of hydrogen-bond donors (Lipinski definition) is 0. The van der Waals surface area contributed by atoms with E-state index in [1.54, 1.807) is 6.20 Å². The molecule has 0 radical (unpaired) electrons. The van der Waals surface area contributed by atoms with Crippen LogP contribution in [0.25, 0.3) is 0 Å². The Kier molecular flexibility index (Phi) is 3.37. The molecule has 0 aromatic carbocycles. The lowest BCUT2D eigenvalue weighted by Gasteiger charge is -2.46. The van der Waals surface area contributed by atoms with Crippen LogP contribution in [-0.2, 0) is 4.74 Å². The van der Waals surface area contributed by atoms with Crippen molar-refractivity contribution >= 4 is 5.78 Å². The maximum atomic E-state index is 12.6. The summed E-state index contributed by atoms with van der Waals surface area (Å²) in [5.41, 5.74) is 1.71. The molecule has 0 saturated carbocycles. The number of aryl methyl sites for hydroxylation is 1. The van der Waals surface area contributed by atoms with E-state index in [4.69, 9.17) is 4.74 Å². The second kappa shape index (κ2) is 5.02. The Bertz CT molecular complexity index is 475. The molecule has 102 valence electrons. The minimum atomic E-state index is 0.136. The van der Waals surface area contributed by atoms with Crippen LogP contribution in [0.2, 0.25) is 0 Å². The van der Waals surface area contributed by atoms with Crippen LogP contribution in [0.15, 0.2) is 18.3 Å². The highest BCUT2D eigenvalue weighted by Crippen LogP contribution is 2.32. The van der Waals surface area contributed by atoms with E-state index < -0.39 is 0 Å². The summed E-state index contributed by atoms with van der Waals surface area (Å²) in [4.78, 5) is 19.1. The molecule has 2 fully saturated rings. The molecule has 2 aliphatic heterocycles. The fourth-order valence-corrected chi connectivity index (χ4v) is 3.24. The van der Waals surface area contributed by atoms with Crippen molar-refractivity contribution < 1.29 is 9.53 Å². The van der Waals surface area contributed by atoms with Gasteiger partial charge in [-0.3, -0.25) is 14.7 Å². The number of piperidine rings is 1. The second-order valence-electron chi connectivity index (χ2n) is 5.73. The van der Waals surface area contributed by atoms with Gasteiger partial charge in [0.15, 0.2) is 5.78 Å². The van der Waals surface area contributed by atoms with Crippen molar-refractivity contribution in [3.05, 3.63) is 29.6 Å². The average Bonchev–Trinajstić information content (AvgIpc) is 2.37. The monoisotopic (exact) mass is 260 g/mol. The number of likely N-dealkylation sites (N-methyl/N-ethyl adjacent to an activating group) is 1. The molecule has 0 aliphatic carbocycles. The number of ketones is 1. The highest BCUT2D eigenvalue weighted by molar-refractivity contribution is 5.98. The zero-order chi connectivity index (χ0) is 13.4. The van der Waals surface area contributed by atoms with E-state index in [1.165, 1.54) is 0 Å². The number of nitrogens with zero attached hydrogens (tertiary/aromatic N) is 2. The Morgan fingerprint density at radius 1 is 1.37 bits per heavy atom. The molecule has 4 heteroatoms. The summed E-state index contributed by atoms with van der Waals surface area (Å²) in [6, 6.07) is 4.51. The summed E-state index contributed by atoms with van der Waals surface area (Å²) in [6.07, 6.45) is 3.54. The van der Waals surface area contributed by atoms with Crippen molar-refractivity contribution in [2.24, 2.45) is 5.92 Å². The zero-order valence-electron chi connectivity index (χ0n) is 11.5. The van der Waals surface area contributed by atoms with Crippen LogP contribution in [0.4, 0.5) is 0 Å². The number of carbonyl (C=O) groups excluding carboxylic acids is 1. The SMILES string of the molecule is Cc1cc(C(=O)C2CC3COCC(C2)N3C)ccn1. The van der Waals surface area contributed by atoms with Gasteiger partial charge in [0.2, 0.25) is 0 Å². The Morgan fingerprint density at radius 2 is 2.05 bits per heavy atom. The fraction of sp³-hybridized carbons (Fsp3) is 0.600. The van der Waals surface area contributed by atoms with E-state index in [9.17, 15) is 4.79 Å². The minimum absolute atomic E-state index is 0.136. The van der Waals surface area contributed by atoms with E-state index in [-0.39, 0.29) is 11.7 Å². The minimum Gasteiger partial charge on any atom is -0.378 e. The lowest BCUT2D eigenvalue weighted by atomic mass is 9.81.